The minimum absolute atomic E-state index is 0.0239. The van der Waals surface area contributed by atoms with Crippen molar-refractivity contribution in [2.45, 2.75) is 26.8 Å². The van der Waals surface area contributed by atoms with Gasteiger partial charge in [0.15, 0.2) is 11.5 Å². The fourth-order valence-electron chi connectivity index (χ4n) is 3.17. The van der Waals surface area contributed by atoms with Crippen LogP contribution in [0.25, 0.3) is 0 Å². The van der Waals surface area contributed by atoms with Gasteiger partial charge in [-0.15, -0.1) is 0 Å². The SMILES string of the molecule is CCN(c1ccc(C(=O)N[C@@H](C)c2ccc3c(c2)OCCO3)cc1)S(=O)(=O)CC. The lowest BCUT2D eigenvalue weighted by molar-refractivity contribution is 0.0939. The summed E-state index contributed by atoms with van der Waals surface area (Å²) in [6.45, 7) is 6.66. The number of hydrogen-bond donors (Lipinski definition) is 1. The Bertz CT molecular complexity index is 973. The zero-order chi connectivity index (χ0) is 21.0. The Morgan fingerprint density at radius 3 is 2.34 bits per heavy atom. The van der Waals surface area contributed by atoms with Crippen LogP contribution in [0.5, 0.6) is 11.5 Å². The molecule has 1 aliphatic rings. The van der Waals surface area contributed by atoms with Crippen LogP contribution in [0.15, 0.2) is 42.5 Å². The maximum Gasteiger partial charge on any atom is 0.251 e. The molecule has 1 N–H and O–H groups in total. The van der Waals surface area contributed by atoms with Crippen LogP contribution >= 0.6 is 0 Å². The van der Waals surface area contributed by atoms with Crippen molar-refractivity contribution in [3.63, 3.8) is 0 Å². The Morgan fingerprint density at radius 2 is 1.72 bits per heavy atom. The molecule has 0 bridgehead atoms. The van der Waals surface area contributed by atoms with Gasteiger partial charge in [-0.2, -0.15) is 0 Å². The lowest BCUT2D eigenvalue weighted by Crippen LogP contribution is -2.32. The standard InChI is InChI=1S/C21H26N2O5S/c1-4-23(29(25,26)5-2)18-9-6-16(7-10-18)21(24)22-15(3)17-8-11-19-20(14-17)28-13-12-27-19/h6-11,14-15H,4-5,12-13H2,1-3H3,(H,22,24)/t15-/m0/s1. The number of ether oxygens (including phenoxy) is 2. The summed E-state index contributed by atoms with van der Waals surface area (Å²) in [6.07, 6.45) is 0. The first-order valence-electron chi connectivity index (χ1n) is 9.66. The van der Waals surface area contributed by atoms with Gasteiger partial charge in [0.1, 0.15) is 13.2 Å². The zero-order valence-electron chi connectivity index (χ0n) is 16.8. The van der Waals surface area contributed by atoms with Gasteiger partial charge in [-0.3, -0.25) is 9.10 Å². The maximum absolute atomic E-state index is 12.6. The summed E-state index contributed by atoms with van der Waals surface area (Å²) < 4.78 is 36.8. The molecule has 0 fully saturated rings. The lowest BCUT2D eigenvalue weighted by Gasteiger charge is -2.22. The molecule has 1 heterocycles. The number of sulfonamides is 1. The van der Waals surface area contributed by atoms with Crippen molar-refractivity contribution >= 4 is 21.6 Å². The van der Waals surface area contributed by atoms with Gasteiger partial charge in [0, 0.05) is 12.1 Å². The van der Waals surface area contributed by atoms with Gasteiger partial charge in [0.05, 0.1) is 17.5 Å². The molecular weight excluding hydrogens is 392 g/mol. The van der Waals surface area contributed by atoms with Crippen molar-refractivity contribution in [1.82, 2.24) is 5.32 Å². The van der Waals surface area contributed by atoms with Crippen molar-refractivity contribution in [2.24, 2.45) is 0 Å². The highest BCUT2D eigenvalue weighted by atomic mass is 32.2. The molecule has 1 atom stereocenters. The molecule has 2 aromatic rings. The van der Waals surface area contributed by atoms with Crippen molar-refractivity contribution in [2.75, 3.05) is 29.8 Å². The van der Waals surface area contributed by atoms with Crippen molar-refractivity contribution < 1.29 is 22.7 Å². The lowest BCUT2D eigenvalue weighted by atomic mass is 10.1. The Hall–Kier alpha value is -2.74. The summed E-state index contributed by atoms with van der Waals surface area (Å²) in [5.74, 6) is 1.17. The van der Waals surface area contributed by atoms with E-state index in [0.717, 1.165) is 5.56 Å². The maximum atomic E-state index is 12.6. The monoisotopic (exact) mass is 418 g/mol. The number of amides is 1. The van der Waals surface area contributed by atoms with E-state index in [4.69, 9.17) is 9.47 Å². The van der Waals surface area contributed by atoms with Crippen molar-refractivity contribution in [3.8, 4) is 11.5 Å². The third-order valence-corrected chi connectivity index (χ3v) is 6.69. The molecule has 0 radical (unpaired) electrons. The van der Waals surface area contributed by atoms with Gasteiger partial charge < -0.3 is 14.8 Å². The first-order valence-corrected chi connectivity index (χ1v) is 11.3. The third-order valence-electron chi connectivity index (χ3n) is 4.82. The summed E-state index contributed by atoms with van der Waals surface area (Å²) in [5.41, 5.74) is 1.92. The predicted octanol–water partition coefficient (Wildman–Crippen LogP) is 3.12. The third kappa shape index (κ3) is 4.64. The van der Waals surface area contributed by atoms with Crippen molar-refractivity contribution in [3.05, 3.63) is 53.6 Å². The summed E-state index contributed by atoms with van der Waals surface area (Å²) in [7, 11) is -3.35. The number of carbonyl (C=O) groups is 1. The highest BCUT2D eigenvalue weighted by Gasteiger charge is 2.20. The molecule has 1 amide bonds. The molecule has 0 saturated heterocycles. The van der Waals surface area contributed by atoms with Gasteiger partial charge in [-0.25, -0.2) is 8.42 Å². The summed E-state index contributed by atoms with van der Waals surface area (Å²) in [5, 5.41) is 2.96. The molecule has 0 spiro atoms. The molecule has 8 heteroatoms. The van der Waals surface area contributed by atoms with Crippen molar-refractivity contribution in [1.29, 1.82) is 0 Å². The number of hydrogen-bond acceptors (Lipinski definition) is 5. The van der Waals surface area contributed by atoms with Crippen LogP contribution in [0.1, 0.15) is 42.7 Å². The summed E-state index contributed by atoms with van der Waals surface area (Å²) >= 11 is 0. The Labute approximate surface area is 171 Å². The zero-order valence-corrected chi connectivity index (χ0v) is 17.7. The molecule has 0 aromatic heterocycles. The molecule has 29 heavy (non-hydrogen) atoms. The smallest absolute Gasteiger partial charge is 0.251 e. The summed E-state index contributed by atoms with van der Waals surface area (Å²) in [6, 6.07) is 12.0. The predicted molar refractivity (Wildman–Crippen MR) is 112 cm³/mol. The second-order valence-corrected chi connectivity index (χ2v) is 8.89. The van der Waals surface area contributed by atoms with Gasteiger partial charge in [-0.1, -0.05) is 6.07 Å². The van der Waals surface area contributed by atoms with Crippen LogP contribution in [-0.2, 0) is 10.0 Å². The second kappa shape index (κ2) is 8.73. The number of nitrogens with one attached hydrogen (secondary N) is 1. The minimum Gasteiger partial charge on any atom is -0.486 e. The van der Waals surface area contributed by atoms with Crippen LogP contribution in [0.3, 0.4) is 0 Å². The van der Waals surface area contributed by atoms with Crippen LogP contribution < -0.4 is 19.1 Å². The average molecular weight is 419 g/mol. The van der Waals surface area contributed by atoms with E-state index < -0.39 is 10.0 Å². The molecule has 0 unspecified atom stereocenters. The van der Waals surface area contributed by atoms with E-state index in [1.165, 1.54) is 4.31 Å². The van der Waals surface area contributed by atoms with E-state index >= 15 is 0 Å². The van der Waals surface area contributed by atoms with E-state index in [-0.39, 0.29) is 17.7 Å². The largest absolute Gasteiger partial charge is 0.486 e. The number of carbonyl (C=O) groups excluding carboxylic acids is 1. The first kappa shape index (κ1) is 21.0. The first-order chi connectivity index (χ1) is 13.9. The normalized spacial score (nSPS) is 14.2. The fourth-order valence-corrected chi connectivity index (χ4v) is 4.32. The average Bonchev–Trinajstić information content (AvgIpc) is 2.74. The van der Waals surface area contributed by atoms with E-state index in [0.29, 0.717) is 42.5 Å². The van der Waals surface area contributed by atoms with Gasteiger partial charge in [-0.05, 0) is 62.7 Å². The highest BCUT2D eigenvalue weighted by Crippen LogP contribution is 2.32. The fraction of sp³-hybridized carbons (Fsp3) is 0.381. The Balaban J connectivity index is 1.70. The number of fused-ring (bicyclic) bond motifs is 1. The number of rotatable bonds is 7. The molecule has 2 aromatic carbocycles. The van der Waals surface area contributed by atoms with Gasteiger partial charge in [0.2, 0.25) is 10.0 Å². The Kier molecular flexibility index (Phi) is 6.32. The van der Waals surface area contributed by atoms with E-state index in [1.54, 1.807) is 38.1 Å². The molecule has 0 aliphatic carbocycles. The number of benzene rings is 2. The Morgan fingerprint density at radius 1 is 1.07 bits per heavy atom. The van der Waals surface area contributed by atoms with Crippen LogP contribution in [0.4, 0.5) is 5.69 Å². The van der Waals surface area contributed by atoms with Gasteiger partial charge in [0.25, 0.3) is 5.91 Å². The molecular formula is C21H26N2O5S. The molecule has 3 rings (SSSR count). The quantitative estimate of drug-likeness (QED) is 0.747. The molecule has 7 nitrogen and oxygen atoms in total. The highest BCUT2D eigenvalue weighted by molar-refractivity contribution is 7.92. The van der Waals surface area contributed by atoms with E-state index in [2.05, 4.69) is 5.32 Å². The number of nitrogens with zero attached hydrogens (tertiary/aromatic N) is 1. The van der Waals surface area contributed by atoms with Crippen LogP contribution in [-0.4, -0.2) is 39.8 Å². The second-order valence-electron chi connectivity index (χ2n) is 6.71. The molecule has 0 saturated carbocycles. The molecule has 156 valence electrons. The van der Waals surface area contributed by atoms with Gasteiger partial charge >= 0.3 is 0 Å². The van der Waals surface area contributed by atoms with Crippen LogP contribution in [0, 0.1) is 0 Å². The van der Waals surface area contributed by atoms with E-state index in [1.807, 2.05) is 25.1 Å². The minimum atomic E-state index is -3.35. The topological polar surface area (TPSA) is 84.9 Å². The van der Waals surface area contributed by atoms with Crippen LogP contribution in [0.2, 0.25) is 0 Å². The summed E-state index contributed by atoms with van der Waals surface area (Å²) in [4.78, 5) is 12.6. The molecule has 1 aliphatic heterocycles. The number of anilines is 1. The van der Waals surface area contributed by atoms with E-state index in [9.17, 15) is 13.2 Å².